The third-order valence-electron chi connectivity index (χ3n) is 5.33. The number of nitrogens with zero attached hydrogens (tertiary/aromatic N) is 1. The number of sulfonamides is 1. The molecule has 0 aliphatic carbocycles. The highest BCUT2D eigenvalue weighted by Crippen LogP contribution is 2.26. The average Bonchev–Trinajstić information content (AvgIpc) is 2.84. The van der Waals surface area contributed by atoms with Crippen LogP contribution in [0.4, 0.5) is 5.69 Å². The third kappa shape index (κ3) is 6.43. The molecule has 3 rings (SSSR count). The summed E-state index contributed by atoms with van der Waals surface area (Å²) in [5.41, 5.74) is 1.39. The van der Waals surface area contributed by atoms with Gasteiger partial charge in [0.2, 0.25) is 15.9 Å². The molecule has 8 nitrogen and oxygen atoms in total. The molecule has 1 atom stereocenters. The summed E-state index contributed by atoms with van der Waals surface area (Å²) in [6, 6.07) is 13.2. The second kappa shape index (κ2) is 11.1. The summed E-state index contributed by atoms with van der Waals surface area (Å²) in [6.45, 7) is 2.55. The van der Waals surface area contributed by atoms with Crippen LogP contribution in [0.15, 0.2) is 59.5 Å². The molecule has 33 heavy (non-hydrogen) atoms. The highest BCUT2D eigenvalue weighted by Gasteiger charge is 2.33. The number of esters is 1. The van der Waals surface area contributed by atoms with Gasteiger partial charge in [-0.25, -0.2) is 13.2 Å². The monoisotopic (exact) mass is 472 g/mol. The molecule has 1 aliphatic rings. The van der Waals surface area contributed by atoms with Crippen molar-refractivity contribution in [1.82, 2.24) is 4.31 Å². The van der Waals surface area contributed by atoms with E-state index in [-0.39, 0.29) is 17.3 Å². The van der Waals surface area contributed by atoms with Crippen LogP contribution in [0, 0.1) is 5.92 Å². The van der Waals surface area contributed by atoms with E-state index in [1.807, 2.05) is 0 Å². The van der Waals surface area contributed by atoms with Crippen LogP contribution >= 0.6 is 0 Å². The smallest absolute Gasteiger partial charge is 0.330 e. The number of anilines is 1. The van der Waals surface area contributed by atoms with Crippen LogP contribution in [0.1, 0.15) is 25.3 Å². The Kier molecular flexibility index (Phi) is 8.24. The van der Waals surface area contributed by atoms with E-state index in [1.165, 1.54) is 29.6 Å². The maximum Gasteiger partial charge on any atom is 0.330 e. The molecule has 0 spiro atoms. The van der Waals surface area contributed by atoms with Gasteiger partial charge in [-0.2, -0.15) is 4.31 Å². The van der Waals surface area contributed by atoms with Crippen LogP contribution in [0.5, 0.6) is 5.75 Å². The summed E-state index contributed by atoms with van der Waals surface area (Å²) < 4.78 is 37.3. The number of rotatable bonds is 8. The maximum absolute atomic E-state index is 13.0. The van der Waals surface area contributed by atoms with Crippen molar-refractivity contribution in [1.29, 1.82) is 0 Å². The first-order chi connectivity index (χ1) is 15.8. The number of benzene rings is 2. The summed E-state index contributed by atoms with van der Waals surface area (Å²) >= 11 is 0. The van der Waals surface area contributed by atoms with Crippen LogP contribution in [0.3, 0.4) is 0 Å². The molecule has 1 N–H and O–H groups in total. The fourth-order valence-corrected chi connectivity index (χ4v) is 5.07. The zero-order chi connectivity index (χ0) is 23.8. The molecule has 1 amide bonds. The summed E-state index contributed by atoms with van der Waals surface area (Å²) in [7, 11) is -2.18. The van der Waals surface area contributed by atoms with Gasteiger partial charge in [0.15, 0.2) is 0 Å². The minimum Gasteiger partial charge on any atom is -0.497 e. The van der Waals surface area contributed by atoms with E-state index in [2.05, 4.69) is 5.32 Å². The predicted molar refractivity (Wildman–Crippen MR) is 125 cm³/mol. The molecule has 176 valence electrons. The number of hydrogen-bond donors (Lipinski definition) is 1. The number of methoxy groups -OCH3 is 1. The summed E-state index contributed by atoms with van der Waals surface area (Å²) in [4.78, 5) is 24.4. The molecule has 0 aromatic heterocycles. The first kappa shape index (κ1) is 24.5. The maximum atomic E-state index is 13.0. The van der Waals surface area contributed by atoms with Gasteiger partial charge in [-0.05, 0) is 67.8 Å². The number of amides is 1. The third-order valence-corrected chi connectivity index (χ3v) is 7.21. The van der Waals surface area contributed by atoms with Gasteiger partial charge in [0.1, 0.15) is 5.75 Å². The van der Waals surface area contributed by atoms with Crippen molar-refractivity contribution in [2.24, 2.45) is 5.92 Å². The molecule has 1 heterocycles. The Morgan fingerprint density at radius 2 is 1.82 bits per heavy atom. The standard InChI is InChI=1S/C24H28N2O6S/c1-3-32-23(27)15-8-18-6-9-20(10-7-18)25-24(28)19-5-4-16-26(17-19)33(29,30)22-13-11-21(31-2)12-14-22/h6-15,19H,3-5,16-17H2,1-2H3,(H,25,28)/b15-8+. The molecule has 0 saturated carbocycles. The molecule has 1 saturated heterocycles. The number of piperidine rings is 1. The van der Waals surface area contributed by atoms with E-state index in [9.17, 15) is 18.0 Å². The molecule has 2 aromatic carbocycles. The lowest BCUT2D eigenvalue weighted by Gasteiger charge is -2.31. The van der Waals surface area contributed by atoms with Gasteiger partial charge in [0.05, 0.1) is 24.5 Å². The summed E-state index contributed by atoms with van der Waals surface area (Å²) in [6.07, 6.45) is 4.19. The van der Waals surface area contributed by atoms with E-state index in [0.29, 0.717) is 37.4 Å². The van der Waals surface area contributed by atoms with Crippen molar-refractivity contribution in [2.75, 3.05) is 32.1 Å². The number of carbonyl (C=O) groups is 2. The van der Waals surface area contributed by atoms with Crippen LogP contribution in [0.2, 0.25) is 0 Å². The zero-order valence-corrected chi connectivity index (χ0v) is 19.5. The number of hydrogen-bond acceptors (Lipinski definition) is 6. The first-order valence-corrected chi connectivity index (χ1v) is 12.2. The van der Waals surface area contributed by atoms with Gasteiger partial charge in [-0.1, -0.05) is 12.1 Å². The Balaban J connectivity index is 1.61. The predicted octanol–water partition coefficient (Wildman–Crippen LogP) is 3.31. The SMILES string of the molecule is CCOC(=O)/C=C/c1ccc(NC(=O)C2CCCN(S(=O)(=O)c3ccc(OC)cc3)C2)cc1. The van der Waals surface area contributed by atoms with Crippen LogP contribution in [0.25, 0.3) is 6.08 Å². The second-order valence-corrected chi connectivity index (χ2v) is 9.51. The van der Waals surface area contributed by atoms with Gasteiger partial charge in [-0.3, -0.25) is 4.79 Å². The Labute approximate surface area is 194 Å². The first-order valence-electron chi connectivity index (χ1n) is 10.7. The summed E-state index contributed by atoms with van der Waals surface area (Å²) in [5.74, 6) is -0.511. The van der Waals surface area contributed by atoms with Gasteiger partial charge >= 0.3 is 5.97 Å². The van der Waals surface area contributed by atoms with Gasteiger partial charge in [0, 0.05) is 24.9 Å². The van der Waals surface area contributed by atoms with Crippen LogP contribution in [-0.4, -0.2) is 51.4 Å². The zero-order valence-electron chi connectivity index (χ0n) is 18.7. The Hall–Kier alpha value is -3.17. The quantitative estimate of drug-likeness (QED) is 0.467. The molecule has 2 aromatic rings. The van der Waals surface area contributed by atoms with Gasteiger partial charge < -0.3 is 14.8 Å². The normalized spacial score (nSPS) is 17.0. The van der Waals surface area contributed by atoms with Gasteiger partial charge in [-0.15, -0.1) is 0 Å². The number of ether oxygens (including phenoxy) is 2. The Morgan fingerprint density at radius 1 is 1.12 bits per heavy atom. The van der Waals surface area contributed by atoms with Crippen molar-refractivity contribution in [2.45, 2.75) is 24.7 Å². The highest BCUT2D eigenvalue weighted by atomic mass is 32.2. The fourth-order valence-electron chi connectivity index (χ4n) is 3.55. The lowest BCUT2D eigenvalue weighted by Crippen LogP contribution is -2.43. The van der Waals surface area contributed by atoms with E-state index in [1.54, 1.807) is 49.4 Å². The van der Waals surface area contributed by atoms with Crippen LogP contribution in [-0.2, 0) is 24.3 Å². The summed E-state index contributed by atoms with van der Waals surface area (Å²) in [5, 5.41) is 2.86. The van der Waals surface area contributed by atoms with E-state index in [4.69, 9.17) is 9.47 Å². The minimum atomic E-state index is -3.70. The van der Waals surface area contributed by atoms with Crippen molar-refractivity contribution in [3.8, 4) is 5.75 Å². The van der Waals surface area contributed by atoms with Gasteiger partial charge in [0.25, 0.3) is 0 Å². The van der Waals surface area contributed by atoms with Crippen molar-refractivity contribution < 1.29 is 27.5 Å². The fraction of sp³-hybridized carbons (Fsp3) is 0.333. The largest absolute Gasteiger partial charge is 0.497 e. The van der Waals surface area contributed by atoms with E-state index in [0.717, 1.165) is 5.56 Å². The molecule has 0 radical (unpaired) electrons. The van der Waals surface area contributed by atoms with Crippen molar-refractivity contribution in [3.63, 3.8) is 0 Å². The Morgan fingerprint density at radius 3 is 2.45 bits per heavy atom. The lowest BCUT2D eigenvalue weighted by molar-refractivity contribution is -0.137. The minimum absolute atomic E-state index is 0.126. The highest BCUT2D eigenvalue weighted by molar-refractivity contribution is 7.89. The molecule has 1 aliphatic heterocycles. The molecule has 1 unspecified atom stereocenters. The number of nitrogens with one attached hydrogen (secondary N) is 1. The average molecular weight is 473 g/mol. The van der Waals surface area contributed by atoms with Crippen LogP contribution < -0.4 is 10.1 Å². The topological polar surface area (TPSA) is 102 Å². The molecular formula is C24H28N2O6S. The number of carbonyl (C=O) groups excluding carboxylic acids is 2. The molecule has 0 bridgehead atoms. The second-order valence-electron chi connectivity index (χ2n) is 7.57. The Bertz CT molecular complexity index is 1090. The van der Waals surface area contributed by atoms with Crippen molar-refractivity contribution in [3.05, 3.63) is 60.2 Å². The molecule has 1 fully saturated rings. The molecular weight excluding hydrogens is 444 g/mol. The molecule has 9 heteroatoms. The van der Waals surface area contributed by atoms with E-state index >= 15 is 0 Å². The lowest BCUT2D eigenvalue weighted by atomic mass is 9.98. The van der Waals surface area contributed by atoms with Crippen molar-refractivity contribution >= 4 is 33.7 Å². The van der Waals surface area contributed by atoms with E-state index < -0.39 is 21.9 Å².